The zero-order chi connectivity index (χ0) is 11.4. The summed E-state index contributed by atoms with van der Waals surface area (Å²) in [5.41, 5.74) is 5.59. The first-order chi connectivity index (χ1) is 7.04. The summed E-state index contributed by atoms with van der Waals surface area (Å²) in [6.45, 7) is 7.82. The van der Waals surface area contributed by atoms with Crippen molar-refractivity contribution in [1.82, 2.24) is 9.80 Å². The molecule has 104 valence electrons. The van der Waals surface area contributed by atoms with Gasteiger partial charge >= 0.3 is 0 Å². The molecule has 2 atom stereocenters. The standard InChI is InChI=1S/C11H23N3O.2ClH/c1-4-13(3)7-10-5-6-14(8-10)11(15)9(2)12;;/h9-10H,4-8,12H2,1-3H3;2*1H/t9-,10?;;/m1../s1. The van der Waals surface area contributed by atoms with Crippen LogP contribution in [0, 0.1) is 5.92 Å². The van der Waals surface area contributed by atoms with Crippen LogP contribution in [0.3, 0.4) is 0 Å². The Hall–Kier alpha value is -0.0300. The predicted octanol–water partition coefficient (Wildman–Crippen LogP) is 0.977. The van der Waals surface area contributed by atoms with Crippen molar-refractivity contribution >= 4 is 30.7 Å². The summed E-state index contributed by atoms with van der Waals surface area (Å²) in [6, 6.07) is -0.354. The van der Waals surface area contributed by atoms with Crippen LogP contribution in [0.1, 0.15) is 20.3 Å². The van der Waals surface area contributed by atoms with Crippen molar-refractivity contribution in [3.05, 3.63) is 0 Å². The SMILES string of the molecule is CCN(C)CC1CCN(C(=O)[C@@H](C)N)C1.Cl.Cl. The second kappa shape index (κ2) is 8.97. The number of hydrogen-bond acceptors (Lipinski definition) is 3. The molecular weight excluding hydrogens is 261 g/mol. The van der Waals surface area contributed by atoms with E-state index in [0.29, 0.717) is 5.92 Å². The maximum atomic E-state index is 11.6. The summed E-state index contributed by atoms with van der Waals surface area (Å²) < 4.78 is 0. The first-order valence-corrected chi connectivity index (χ1v) is 5.77. The highest BCUT2D eigenvalue weighted by atomic mass is 35.5. The number of nitrogens with two attached hydrogens (primary N) is 1. The Balaban J connectivity index is 0. The van der Waals surface area contributed by atoms with E-state index in [4.69, 9.17) is 5.73 Å². The average molecular weight is 286 g/mol. The molecule has 0 aromatic carbocycles. The van der Waals surface area contributed by atoms with Crippen LogP contribution in [-0.2, 0) is 4.79 Å². The van der Waals surface area contributed by atoms with Crippen molar-refractivity contribution in [3.63, 3.8) is 0 Å². The molecule has 0 aromatic heterocycles. The number of nitrogens with zero attached hydrogens (tertiary/aromatic N) is 2. The zero-order valence-corrected chi connectivity index (χ0v) is 12.5. The van der Waals surface area contributed by atoms with Crippen LogP contribution in [0.5, 0.6) is 0 Å². The smallest absolute Gasteiger partial charge is 0.239 e. The number of carbonyl (C=O) groups is 1. The van der Waals surface area contributed by atoms with Gasteiger partial charge in [-0.25, -0.2) is 0 Å². The molecule has 0 saturated carbocycles. The number of rotatable bonds is 4. The van der Waals surface area contributed by atoms with Crippen molar-refractivity contribution in [2.24, 2.45) is 11.7 Å². The Bertz CT molecular complexity index is 227. The first kappa shape index (κ1) is 19.3. The highest BCUT2D eigenvalue weighted by molar-refractivity contribution is 5.85. The number of carbonyl (C=O) groups excluding carboxylic acids is 1. The van der Waals surface area contributed by atoms with Crippen LogP contribution in [0.4, 0.5) is 0 Å². The average Bonchev–Trinajstić information content (AvgIpc) is 2.64. The van der Waals surface area contributed by atoms with Gasteiger partial charge in [0.2, 0.25) is 5.91 Å². The van der Waals surface area contributed by atoms with Crippen LogP contribution < -0.4 is 5.73 Å². The minimum atomic E-state index is -0.354. The van der Waals surface area contributed by atoms with Gasteiger partial charge in [-0.15, -0.1) is 24.8 Å². The van der Waals surface area contributed by atoms with E-state index in [1.807, 2.05) is 4.90 Å². The minimum absolute atomic E-state index is 0. The lowest BCUT2D eigenvalue weighted by atomic mass is 10.1. The molecule has 4 nitrogen and oxygen atoms in total. The summed E-state index contributed by atoms with van der Waals surface area (Å²) in [4.78, 5) is 15.8. The Morgan fingerprint density at radius 1 is 1.53 bits per heavy atom. The van der Waals surface area contributed by atoms with Gasteiger partial charge in [-0.05, 0) is 32.9 Å². The van der Waals surface area contributed by atoms with Gasteiger partial charge in [0.05, 0.1) is 6.04 Å². The number of amides is 1. The second-order valence-electron chi connectivity index (χ2n) is 4.58. The third-order valence-electron chi connectivity index (χ3n) is 3.10. The van der Waals surface area contributed by atoms with Gasteiger partial charge in [-0.1, -0.05) is 6.92 Å². The highest BCUT2D eigenvalue weighted by Crippen LogP contribution is 2.17. The van der Waals surface area contributed by atoms with E-state index in [2.05, 4.69) is 18.9 Å². The van der Waals surface area contributed by atoms with Gasteiger partial charge in [-0.2, -0.15) is 0 Å². The van der Waals surface area contributed by atoms with Gasteiger partial charge in [0.1, 0.15) is 0 Å². The monoisotopic (exact) mass is 285 g/mol. The number of likely N-dealkylation sites (tertiary alicyclic amines) is 1. The summed E-state index contributed by atoms with van der Waals surface area (Å²) in [5.74, 6) is 0.717. The third-order valence-corrected chi connectivity index (χ3v) is 3.10. The van der Waals surface area contributed by atoms with Gasteiger partial charge < -0.3 is 15.5 Å². The topological polar surface area (TPSA) is 49.6 Å². The minimum Gasteiger partial charge on any atom is -0.341 e. The fourth-order valence-electron chi connectivity index (χ4n) is 2.04. The van der Waals surface area contributed by atoms with E-state index < -0.39 is 0 Å². The van der Waals surface area contributed by atoms with E-state index in [9.17, 15) is 4.79 Å². The lowest BCUT2D eigenvalue weighted by molar-refractivity contribution is -0.131. The molecule has 1 amide bonds. The van der Waals surface area contributed by atoms with Crippen molar-refractivity contribution in [3.8, 4) is 0 Å². The Labute approximate surface area is 117 Å². The first-order valence-electron chi connectivity index (χ1n) is 5.77. The quantitative estimate of drug-likeness (QED) is 0.838. The normalized spacial score (nSPS) is 20.8. The molecule has 1 aliphatic heterocycles. The molecule has 1 saturated heterocycles. The van der Waals surface area contributed by atoms with Crippen molar-refractivity contribution in [2.75, 3.05) is 33.2 Å². The van der Waals surface area contributed by atoms with Crippen LogP contribution >= 0.6 is 24.8 Å². The summed E-state index contributed by atoms with van der Waals surface area (Å²) in [5, 5.41) is 0. The van der Waals surface area contributed by atoms with E-state index in [-0.39, 0.29) is 36.8 Å². The Morgan fingerprint density at radius 2 is 2.12 bits per heavy atom. The molecule has 17 heavy (non-hydrogen) atoms. The Kier molecular flexibility index (Phi) is 10.2. The van der Waals surface area contributed by atoms with Crippen molar-refractivity contribution < 1.29 is 4.79 Å². The van der Waals surface area contributed by atoms with E-state index in [1.165, 1.54) is 0 Å². The molecule has 6 heteroatoms. The highest BCUT2D eigenvalue weighted by Gasteiger charge is 2.27. The van der Waals surface area contributed by atoms with E-state index >= 15 is 0 Å². The van der Waals surface area contributed by atoms with Crippen molar-refractivity contribution in [1.29, 1.82) is 0 Å². The van der Waals surface area contributed by atoms with Gasteiger partial charge in [-0.3, -0.25) is 4.79 Å². The van der Waals surface area contributed by atoms with Gasteiger partial charge in [0, 0.05) is 19.6 Å². The summed E-state index contributed by atoms with van der Waals surface area (Å²) >= 11 is 0. The molecule has 0 aromatic rings. The fraction of sp³-hybridized carbons (Fsp3) is 0.909. The fourth-order valence-corrected chi connectivity index (χ4v) is 2.04. The molecule has 1 heterocycles. The third kappa shape index (κ3) is 5.91. The van der Waals surface area contributed by atoms with E-state index in [0.717, 1.165) is 32.6 Å². The number of halogens is 2. The molecule has 1 unspecified atom stereocenters. The molecule has 1 rings (SSSR count). The second-order valence-corrected chi connectivity index (χ2v) is 4.58. The summed E-state index contributed by atoms with van der Waals surface area (Å²) in [6.07, 6.45) is 1.11. The lowest BCUT2D eigenvalue weighted by Crippen LogP contribution is -2.41. The predicted molar refractivity (Wildman–Crippen MR) is 76.0 cm³/mol. The molecule has 0 bridgehead atoms. The zero-order valence-electron chi connectivity index (χ0n) is 10.9. The van der Waals surface area contributed by atoms with Gasteiger partial charge in [0.25, 0.3) is 0 Å². The summed E-state index contributed by atoms with van der Waals surface area (Å²) in [7, 11) is 2.12. The van der Waals surface area contributed by atoms with Crippen LogP contribution in [0.15, 0.2) is 0 Å². The lowest BCUT2D eigenvalue weighted by Gasteiger charge is -2.21. The van der Waals surface area contributed by atoms with E-state index in [1.54, 1.807) is 6.92 Å². The molecular formula is C11H25Cl2N3O. The van der Waals surface area contributed by atoms with Crippen LogP contribution in [-0.4, -0.2) is 55.0 Å². The molecule has 1 fully saturated rings. The van der Waals surface area contributed by atoms with Crippen LogP contribution in [0.2, 0.25) is 0 Å². The Morgan fingerprint density at radius 3 is 2.59 bits per heavy atom. The molecule has 0 radical (unpaired) electrons. The maximum absolute atomic E-state index is 11.6. The maximum Gasteiger partial charge on any atom is 0.239 e. The van der Waals surface area contributed by atoms with Gasteiger partial charge in [0.15, 0.2) is 0 Å². The number of hydrogen-bond donors (Lipinski definition) is 1. The van der Waals surface area contributed by atoms with Crippen molar-refractivity contribution in [2.45, 2.75) is 26.3 Å². The molecule has 0 spiro atoms. The molecule has 2 N–H and O–H groups in total. The molecule has 0 aliphatic carbocycles. The largest absolute Gasteiger partial charge is 0.341 e. The van der Waals surface area contributed by atoms with Crippen LogP contribution in [0.25, 0.3) is 0 Å². The molecule has 1 aliphatic rings.